The highest BCUT2D eigenvalue weighted by atomic mass is 19.2. The van der Waals surface area contributed by atoms with E-state index in [1.807, 2.05) is 0 Å². The molecular weight excluding hydrogens is 326 g/mol. The average molecular weight is 348 g/mol. The Labute approximate surface area is 139 Å². The molecule has 0 spiro atoms. The third-order valence-corrected chi connectivity index (χ3v) is 2.82. The molecule has 0 radical (unpaired) electrons. The van der Waals surface area contributed by atoms with Gasteiger partial charge >= 0.3 is 0 Å². The van der Waals surface area contributed by atoms with Crippen molar-refractivity contribution in [3.05, 3.63) is 29.8 Å². The number of halogens is 2. The smallest absolute Gasteiger partial charge is 0.205 e. The van der Waals surface area contributed by atoms with E-state index in [0.717, 1.165) is 0 Å². The minimum absolute atomic E-state index is 0.0171. The zero-order valence-corrected chi connectivity index (χ0v) is 13.8. The van der Waals surface area contributed by atoms with Crippen LogP contribution in [0.25, 0.3) is 6.08 Å². The van der Waals surface area contributed by atoms with E-state index in [-0.39, 0.29) is 31.5 Å². The quantitative estimate of drug-likeness (QED) is 0.403. The summed E-state index contributed by atoms with van der Waals surface area (Å²) in [7, 11) is 3.05. The summed E-state index contributed by atoms with van der Waals surface area (Å²) in [6, 6.07) is 1.27. The van der Waals surface area contributed by atoms with Gasteiger partial charge in [-0.3, -0.25) is 0 Å². The first-order valence-corrected chi connectivity index (χ1v) is 7.19. The second-order valence-electron chi connectivity index (χ2n) is 4.45. The van der Waals surface area contributed by atoms with Crippen LogP contribution < -0.4 is 9.47 Å². The molecule has 0 N–H and O–H groups in total. The first kappa shape index (κ1) is 20.3. The van der Waals surface area contributed by atoms with Crippen LogP contribution in [0, 0.1) is 11.6 Å². The predicted molar refractivity (Wildman–Crippen MR) is 83.1 cm³/mol. The van der Waals surface area contributed by atoms with Crippen molar-refractivity contribution in [3.8, 4) is 11.5 Å². The van der Waals surface area contributed by atoms with Crippen molar-refractivity contribution in [3.63, 3.8) is 0 Å². The molecule has 0 aromatic heterocycles. The van der Waals surface area contributed by atoms with Gasteiger partial charge in [-0.1, -0.05) is 12.7 Å². The fourth-order valence-electron chi connectivity index (χ4n) is 1.60. The van der Waals surface area contributed by atoms with Gasteiger partial charge in [-0.05, 0) is 6.07 Å². The van der Waals surface area contributed by atoms with Crippen LogP contribution in [-0.2, 0) is 18.9 Å². The molecular formula is C16H22F2O6. The number of ether oxygens (including phenoxy) is 6. The highest BCUT2D eigenvalue weighted by Gasteiger charge is 2.20. The van der Waals surface area contributed by atoms with E-state index < -0.39 is 17.4 Å². The van der Waals surface area contributed by atoms with Crippen molar-refractivity contribution in [2.45, 2.75) is 0 Å². The number of benzene rings is 1. The SMILES string of the molecule is C=Cc1cc(OCOCCOC)c(OCOCCOC)c(F)c1F. The van der Waals surface area contributed by atoms with Crippen molar-refractivity contribution in [2.24, 2.45) is 0 Å². The van der Waals surface area contributed by atoms with Gasteiger partial charge in [0.05, 0.1) is 26.4 Å². The summed E-state index contributed by atoms with van der Waals surface area (Å²) in [5, 5.41) is 0. The highest BCUT2D eigenvalue weighted by Crippen LogP contribution is 2.34. The highest BCUT2D eigenvalue weighted by molar-refractivity contribution is 5.56. The molecule has 136 valence electrons. The van der Waals surface area contributed by atoms with Crippen LogP contribution in [0.4, 0.5) is 8.78 Å². The lowest BCUT2D eigenvalue weighted by atomic mass is 10.1. The standard InChI is InChI=1S/C16H22F2O6/c1-4-12-9-13(23-10-21-7-5-19-2)16(15(18)14(12)17)24-11-22-8-6-20-3/h4,9H,1,5-8,10-11H2,2-3H3. The van der Waals surface area contributed by atoms with Crippen molar-refractivity contribution >= 4 is 6.08 Å². The molecule has 24 heavy (non-hydrogen) atoms. The summed E-state index contributed by atoms with van der Waals surface area (Å²) >= 11 is 0. The summed E-state index contributed by atoms with van der Waals surface area (Å²) in [4.78, 5) is 0. The second-order valence-corrected chi connectivity index (χ2v) is 4.45. The molecule has 1 aromatic carbocycles. The molecule has 6 nitrogen and oxygen atoms in total. The molecule has 0 aliphatic heterocycles. The molecule has 0 saturated carbocycles. The van der Waals surface area contributed by atoms with E-state index in [1.54, 1.807) is 0 Å². The molecule has 1 aromatic rings. The Morgan fingerprint density at radius 3 is 2.04 bits per heavy atom. The van der Waals surface area contributed by atoms with Gasteiger partial charge in [0.2, 0.25) is 11.6 Å². The van der Waals surface area contributed by atoms with E-state index in [0.29, 0.717) is 19.8 Å². The monoisotopic (exact) mass is 348 g/mol. The Morgan fingerprint density at radius 2 is 1.50 bits per heavy atom. The van der Waals surface area contributed by atoms with Gasteiger partial charge in [0.15, 0.2) is 25.2 Å². The van der Waals surface area contributed by atoms with Gasteiger partial charge in [-0.2, -0.15) is 4.39 Å². The van der Waals surface area contributed by atoms with Crippen molar-refractivity contribution in [2.75, 3.05) is 54.2 Å². The van der Waals surface area contributed by atoms with Crippen LogP contribution in [-0.4, -0.2) is 54.2 Å². The lowest BCUT2D eigenvalue weighted by molar-refractivity contribution is -0.0223. The maximum absolute atomic E-state index is 14.1. The molecule has 1 rings (SSSR count). The number of hydrogen-bond acceptors (Lipinski definition) is 6. The Morgan fingerprint density at radius 1 is 0.917 bits per heavy atom. The van der Waals surface area contributed by atoms with Crippen LogP contribution in [0.5, 0.6) is 11.5 Å². The zero-order chi connectivity index (χ0) is 17.8. The van der Waals surface area contributed by atoms with Crippen LogP contribution in [0.2, 0.25) is 0 Å². The molecule has 0 aliphatic carbocycles. The normalized spacial score (nSPS) is 10.7. The first-order valence-electron chi connectivity index (χ1n) is 7.19. The van der Waals surface area contributed by atoms with Crippen molar-refractivity contribution in [1.29, 1.82) is 0 Å². The van der Waals surface area contributed by atoms with Gasteiger partial charge in [-0.25, -0.2) is 4.39 Å². The third-order valence-electron chi connectivity index (χ3n) is 2.82. The summed E-state index contributed by atoms with van der Waals surface area (Å²) in [5.74, 6) is -2.68. The third kappa shape index (κ3) is 6.40. The molecule has 0 fully saturated rings. The maximum Gasteiger partial charge on any atom is 0.205 e. The van der Waals surface area contributed by atoms with Gasteiger partial charge in [0.25, 0.3) is 0 Å². The van der Waals surface area contributed by atoms with Gasteiger partial charge in [0.1, 0.15) is 0 Å². The topological polar surface area (TPSA) is 55.4 Å². The number of hydrogen-bond donors (Lipinski definition) is 0. The minimum Gasteiger partial charge on any atom is -0.464 e. The summed E-state index contributed by atoms with van der Waals surface area (Å²) in [6.07, 6.45) is 1.18. The van der Waals surface area contributed by atoms with Gasteiger partial charge < -0.3 is 28.4 Å². The average Bonchev–Trinajstić information content (AvgIpc) is 2.59. The molecule has 0 atom stereocenters. The summed E-state index contributed by atoms with van der Waals surface area (Å²) in [6.45, 7) is 4.26. The zero-order valence-electron chi connectivity index (χ0n) is 13.8. The fourth-order valence-corrected chi connectivity index (χ4v) is 1.60. The lowest BCUT2D eigenvalue weighted by Crippen LogP contribution is -2.12. The molecule has 8 heteroatoms. The predicted octanol–water partition coefficient (Wildman–Crippen LogP) is 2.61. The van der Waals surface area contributed by atoms with E-state index in [4.69, 9.17) is 28.4 Å². The summed E-state index contributed by atoms with van der Waals surface area (Å²) in [5.41, 5.74) is -0.0490. The van der Waals surface area contributed by atoms with E-state index in [2.05, 4.69) is 6.58 Å². The van der Waals surface area contributed by atoms with Crippen molar-refractivity contribution in [1.82, 2.24) is 0 Å². The molecule has 0 saturated heterocycles. The fraction of sp³-hybridized carbons (Fsp3) is 0.500. The molecule has 0 amide bonds. The van der Waals surface area contributed by atoms with E-state index in [1.165, 1.54) is 26.4 Å². The first-order chi connectivity index (χ1) is 11.7. The van der Waals surface area contributed by atoms with E-state index in [9.17, 15) is 8.78 Å². The molecule has 0 unspecified atom stereocenters. The second kappa shape index (κ2) is 11.7. The molecule has 0 aliphatic rings. The molecule has 0 heterocycles. The van der Waals surface area contributed by atoms with Crippen LogP contribution >= 0.6 is 0 Å². The van der Waals surface area contributed by atoms with Crippen LogP contribution in [0.3, 0.4) is 0 Å². The maximum atomic E-state index is 14.1. The Hall–Kier alpha value is -1.74. The minimum atomic E-state index is -1.19. The largest absolute Gasteiger partial charge is 0.464 e. The van der Waals surface area contributed by atoms with Crippen LogP contribution in [0.1, 0.15) is 5.56 Å². The number of rotatable bonds is 13. The Balaban J connectivity index is 2.76. The van der Waals surface area contributed by atoms with Crippen LogP contribution in [0.15, 0.2) is 12.6 Å². The Kier molecular flexibility index (Phi) is 9.94. The van der Waals surface area contributed by atoms with Gasteiger partial charge in [0, 0.05) is 19.8 Å². The molecule has 0 bridgehead atoms. The summed E-state index contributed by atoms with van der Waals surface area (Å²) < 4.78 is 58.3. The Bertz CT molecular complexity index is 510. The van der Waals surface area contributed by atoms with E-state index >= 15 is 0 Å². The lowest BCUT2D eigenvalue weighted by Gasteiger charge is -2.15. The van der Waals surface area contributed by atoms with Gasteiger partial charge in [-0.15, -0.1) is 0 Å². The number of methoxy groups -OCH3 is 2. The van der Waals surface area contributed by atoms with Crippen molar-refractivity contribution < 1.29 is 37.2 Å².